The SMILES string of the molecule is Cc1ccc2c(c1)C(C)CC2. The molecule has 0 aliphatic heterocycles. The first-order valence-corrected chi connectivity index (χ1v) is 4.37. The van der Waals surface area contributed by atoms with E-state index in [1.54, 1.807) is 11.1 Å². The van der Waals surface area contributed by atoms with Crippen molar-refractivity contribution in [2.45, 2.75) is 32.6 Å². The van der Waals surface area contributed by atoms with Crippen molar-refractivity contribution in [2.24, 2.45) is 0 Å². The molecule has 0 fully saturated rings. The Kier molecular flexibility index (Phi) is 1.49. The van der Waals surface area contributed by atoms with E-state index < -0.39 is 0 Å². The zero-order valence-corrected chi connectivity index (χ0v) is 7.22. The van der Waals surface area contributed by atoms with Crippen LogP contribution in [0.3, 0.4) is 0 Å². The van der Waals surface area contributed by atoms with E-state index in [1.807, 2.05) is 0 Å². The standard InChI is InChI=1S/C11H14/c1-8-3-5-10-6-4-9(2)11(10)7-8/h3,5,7,9H,4,6H2,1-2H3. The normalized spacial score (nSPS) is 21.8. The third-order valence-corrected chi connectivity index (χ3v) is 2.68. The Morgan fingerprint density at radius 1 is 1.36 bits per heavy atom. The maximum Gasteiger partial charge on any atom is -0.0184 e. The van der Waals surface area contributed by atoms with E-state index in [-0.39, 0.29) is 0 Å². The van der Waals surface area contributed by atoms with Crippen LogP contribution in [0.15, 0.2) is 18.2 Å². The molecule has 0 saturated carbocycles. The Morgan fingerprint density at radius 2 is 2.18 bits per heavy atom. The summed E-state index contributed by atoms with van der Waals surface area (Å²) >= 11 is 0. The van der Waals surface area contributed by atoms with Gasteiger partial charge in [0, 0.05) is 0 Å². The fourth-order valence-corrected chi connectivity index (χ4v) is 1.93. The predicted octanol–water partition coefficient (Wildman–Crippen LogP) is 3.04. The van der Waals surface area contributed by atoms with Gasteiger partial charge >= 0.3 is 0 Å². The quantitative estimate of drug-likeness (QED) is 0.527. The average molecular weight is 146 g/mol. The summed E-state index contributed by atoms with van der Waals surface area (Å²) in [7, 11) is 0. The smallest absolute Gasteiger partial charge is 0.0184 e. The van der Waals surface area contributed by atoms with Gasteiger partial charge in [0.25, 0.3) is 0 Å². The van der Waals surface area contributed by atoms with Gasteiger partial charge in [-0.25, -0.2) is 0 Å². The molecular weight excluding hydrogens is 132 g/mol. The van der Waals surface area contributed by atoms with Crippen LogP contribution in [-0.2, 0) is 6.42 Å². The number of hydrogen-bond acceptors (Lipinski definition) is 0. The van der Waals surface area contributed by atoms with Crippen molar-refractivity contribution in [2.75, 3.05) is 0 Å². The fraction of sp³-hybridized carbons (Fsp3) is 0.455. The fourth-order valence-electron chi connectivity index (χ4n) is 1.93. The third-order valence-electron chi connectivity index (χ3n) is 2.68. The van der Waals surface area contributed by atoms with E-state index in [1.165, 1.54) is 18.4 Å². The first-order chi connectivity index (χ1) is 5.27. The van der Waals surface area contributed by atoms with Crippen LogP contribution in [0.2, 0.25) is 0 Å². The van der Waals surface area contributed by atoms with Crippen molar-refractivity contribution in [1.82, 2.24) is 0 Å². The highest BCUT2D eigenvalue weighted by atomic mass is 14.2. The first-order valence-electron chi connectivity index (χ1n) is 4.37. The maximum atomic E-state index is 2.34. The molecule has 0 heterocycles. The van der Waals surface area contributed by atoms with E-state index in [0.29, 0.717) is 0 Å². The summed E-state index contributed by atoms with van der Waals surface area (Å²) in [5.41, 5.74) is 4.56. The molecule has 1 unspecified atom stereocenters. The molecule has 0 spiro atoms. The average Bonchev–Trinajstić information content (AvgIpc) is 2.33. The van der Waals surface area contributed by atoms with Gasteiger partial charge in [0.05, 0.1) is 0 Å². The van der Waals surface area contributed by atoms with Gasteiger partial charge in [-0.05, 0) is 36.8 Å². The van der Waals surface area contributed by atoms with E-state index in [9.17, 15) is 0 Å². The molecule has 0 N–H and O–H groups in total. The van der Waals surface area contributed by atoms with Crippen molar-refractivity contribution < 1.29 is 0 Å². The number of rotatable bonds is 0. The number of hydrogen-bond donors (Lipinski definition) is 0. The van der Waals surface area contributed by atoms with Gasteiger partial charge in [-0.2, -0.15) is 0 Å². The molecule has 0 bridgehead atoms. The number of benzene rings is 1. The van der Waals surface area contributed by atoms with Crippen LogP contribution < -0.4 is 0 Å². The van der Waals surface area contributed by atoms with Gasteiger partial charge in [-0.1, -0.05) is 30.7 Å². The van der Waals surface area contributed by atoms with Gasteiger partial charge < -0.3 is 0 Å². The Hall–Kier alpha value is -0.780. The molecule has 0 saturated heterocycles. The zero-order chi connectivity index (χ0) is 7.84. The maximum absolute atomic E-state index is 2.34. The minimum atomic E-state index is 0.796. The van der Waals surface area contributed by atoms with Crippen LogP contribution in [0.5, 0.6) is 0 Å². The van der Waals surface area contributed by atoms with Crippen LogP contribution in [0.1, 0.15) is 36.0 Å². The Morgan fingerprint density at radius 3 is 3.00 bits per heavy atom. The van der Waals surface area contributed by atoms with Gasteiger partial charge in [0.1, 0.15) is 0 Å². The van der Waals surface area contributed by atoms with Gasteiger partial charge in [0.2, 0.25) is 0 Å². The van der Waals surface area contributed by atoms with E-state index >= 15 is 0 Å². The second-order valence-electron chi connectivity index (χ2n) is 3.64. The number of fused-ring (bicyclic) bond motifs is 1. The largest absolute Gasteiger partial charge is 0.0590 e. The van der Waals surface area contributed by atoms with Gasteiger partial charge in [-0.3, -0.25) is 0 Å². The highest BCUT2D eigenvalue weighted by Crippen LogP contribution is 2.32. The Balaban J connectivity index is 2.52. The van der Waals surface area contributed by atoms with Crippen molar-refractivity contribution in [3.8, 4) is 0 Å². The molecule has 2 rings (SSSR count). The molecule has 0 heteroatoms. The van der Waals surface area contributed by atoms with E-state index in [0.717, 1.165) is 5.92 Å². The van der Waals surface area contributed by atoms with Crippen molar-refractivity contribution >= 4 is 0 Å². The summed E-state index contributed by atoms with van der Waals surface area (Å²) in [4.78, 5) is 0. The molecule has 1 aromatic rings. The van der Waals surface area contributed by atoms with Crippen molar-refractivity contribution in [3.63, 3.8) is 0 Å². The highest BCUT2D eigenvalue weighted by Gasteiger charge is 2.17. The van der Waals surface area contributed by atoms with Crippen LogP contribution >= 0.6 is 0 Å². The van der Waals surface area contributed by atoms with Gasteiger partial charge in [-0.15, -0.1) is 0 Å². The lowest BCUT2D eigenvalue weighted by molar-refractivity contribution is 0.747. The summed E-state index contributed by atoms with van der Waals surface area (Å²) in [5, 5.41) is 0. The molecular formula is C11H14. The second-order valence-corrected chi connectivity index (χ2v) is 3.64. The van der Waals surface area contributed by atoms with Crippen LogP contribution in [0, 0.1) is 6.92 Å². The summed E-state index contributed by atoms with van der Waals surface area (Å²) in [6, 6.07) is 6.85. The van der Waals surface area contributed by atoms with Crippen molar-refractivity contribution in [3.05, 3.63) is 34.9 Å². The molecule has 1 aliphatic carbocycles. The Labute approximate surface area is 68.3 Å². The lowest BCUT2D eigenvalue weighted by atomic mass is 10.0. The second kappa shape index (κ2) is 2.37. The van der Waals surface area contributed by atoms with Crippen LogP contribution in [-0.4, -0.2) is 0 Å². The molecule has 0 nitrogen and oxygen atoms in total. The summed E-state index contributed by atoms with van der Waals surface area (Å²) < 4.78 is 0. The summed E-state index contributed by atoms with van der Waals surface area (Å²) in [6.07, 6.45) is 2.63. The molecule has 0 amide bonds. The van der Waals surface area contributed by atoms with E-state index in [2.05, 4.69) is 32.0 Å². The minimum absolute atomic E-state index is 0.796. The summed E-state index contributed by atoms with van der Waals surface area (Å²) in [5.74, 6) is 0.796. The minimum Gasteiger partial charge on any atom is -0.0590 e. The lowest BCUT2D eigenvalue weighted by Gasteiger charge is -2.04. The predicted molar refractivity (Wildman–Crippen MR) is 47.9 cm³/mol. The molecule has 1 aliphatic rings. The molecule has 1 atom stereocenters. The number of aryl methyl sites for hydroxylation is 2. The third kappa shape index (κ3) is 1.07. The van der Waals surface area contributed by atoms with Crippen LogP contribution in [0.25, 0.3) is 0 Å². The topological polar surface area (TPSA) is 0 Å². The molecule has 1 aromatic carbocycles. The highest BCUT2D eigenvalue weighted by molar-refractivity contribution is 5.37. The molecule has 0 radical (unpaired) electrons. The van der Waals surface area contributed by atoms with E-state index in [4.69, 9.17) is 0 Å². The molecule has 58 valence electrons. The van der Waals surface area contributed by atoms with Gasteiger partial charge in [0.15, 0.2) is 0 Å². The van der Waals surface area contributed by atoms with Crippen molar-refractivity contribution in [1.29, 1.82) is 0 Å². The monoisotopic (exact) mass is 146 g/mol. The Bertz CT molecular complexity index is 273. The molecule has 11 heavy (non-hydrogen) atoms. The first kappa shape index (κ1) is 6.90. The summed E-state index contributed by atoms with van der Waals surface area (Å²) in [6.45, 7) is 4.50. The lowest BCUT2D eigenvalue weighted by Crippen LogP contribution is -1.86. The zero-order valence-electron chi connectivity index (χ0n) is 7.22. The van der Waals surface area contributed by atoms with Crippen LogP contribution in [0.4, 0.5) is 0 Å². The molecule has 0 aromatic heterocycles.